The Labute approximate surface area is 173 Å². The maximum absolute atomic E-state index is 12.6. The number of benzene rings is 2. The van der Waals surface area contributed by atoms with Crippen molar-refractivity contribution < 1.29 is 19.2 Å². The first-order valence-corrected chi connectivity index (χ1v) is 9.14. The largest absolute Gasteiger partial charge is 0.497 e. The standard InChI is InChI=1S/C21H22N4O5/c1-13-20(25(27)28)14(2)24(23-13)12-15-5-7-16(8-6-15)21(26)22-18-11-17(29-3)9-10-19(18)30-4/h5-11H,12H2,1-4H3,(H,22,26). The molecule has 9 heteroatoms. The van der Waals surface area contributed by atoms with Crippen LogP contribution < -0.4 is 14.8 Å². The maximum atomic E-state index is 12.6. The average Bonchev–Trinajstić information content (AvgIpc) is 3.01. The summed E-state index contributed by atoms with van der Waals surface area (Å²) in [6, 6.07) is 12.1. The van der Waals surface area contributed by atoms with Crippen molar-refractivity contribution in [3.8, 4) is 11.5 Å². The van der Waals surface area contributed by atoms with E-state index < -0.39 is 4.92 Å². The molecule has 0 saturated carbocycles. The summed E-state index contributed by atoms with van der Waals surface area (Å²) in [7, 11) is 3.07. The molecule has 0 fully saturated rings. The molecule has 3 aromatic rings. The van der Waals surface area contributed by atoms with Crippen LogP contribution >= 0.6 is 0 Å². The highest BCUT2D eigenvalue weighted by Gasteiger charge is 2.21. The highest BCUT2D eigenvalue weighted by Crippen LogP contribution is 2.29. The number of rotatable bonds is 7. The first-order valence-electron chi connectivity index (χ1n) is 9.14. The monoisotopic (exact) mass is 410 g/mol. The van der Waals surface area contributed by atoms with Crippen molar-refractivity contribution in [1.29, 1.82) is 0 Å². The van der Waals surface area contributed by atoms with Crippen molar-refractivity contribution in [2.45, 2.75) is 20.4 Å². The van der Waals surface area contributed by atoms with Gasteiger partial charge in [0, 0.05) is 11.6 Å². The molecule has 2 aromatic carbocycles. The summed E-state index contributed by atoms with van der Waals surface area (Å²) in [5.74, 6) is 0.821. The minimum atomic E-state index is -0.422. The van der Waals surface area contributed by atoms with Crippen LogP contribution in [0.25, 0.3) is 0 Å². The van der Waals surface area contributed by atoms with Crippen LogP contribution in [0.3, 0.4) is 0 Å². The van der Waals surface area contributed by atoms with E-state index in [-0.39, 0.29) is 11.6 Å². The van der Waals surface area contributed by atoms with Gasteiger partial charge in [0.2, 0.25) is 0 Å². The molecule has 0 atom stereocenters. The molecule has 3 rings (SSSR count). The number of nitrogens with one attached hydrogen (secondary N) is 1. The number of ether oxygens (including phenoxy) is 2. The van der Waals surface area contributed by atoms with E-state index in [1.54, 1.807) is 68.1 Å². The number of anilines is 1. The van der Waals surface area contributed by atoms with Gasteiger partial charge in [0.25, 0.3) is 5.91 Å². The van der Waals surface area contributed by atoms with E-state index in [2.05, 4.69) is 10.4 Å². The second-order valence-electron chi connectivity index (χ2n) is 6.65. The SMILES string of the molecule is COc1ccc(OC)c(NC(=O)c2ccc(Cn3nc(C)c([N+](=O)[O-])c3C)cc2)c1. The number of hydrogen-bond donors (Lipinski definition) is 1. The van der Waals surface area contributed by atoms with Crippen molar-refractivity contribution in [2.75, 3.05) is 19.5 Å². The molecule has 156 valence electrons. The lowest BCUT2D eigenvalue weighted by atomic mass is 10.1. The van der Waals surface area contributed by atoms with Crippen LogP contribution in [0.4, 0.5) is 11.4 Å². The second kappa shape index (κ2) is 8.64. The molecule has 0 aliphatic rings. The van der Waals surface area contributed by atoms with Crippen LogP contribution in [-0.4, -0.2) is 34.8 Å². The van der Waals surface area contributed by atoms with Gasteiger partial charge in [-0.15, -0.1) is 0 Å². The topological polar surface area (TPSA) is 109 Å². The van der Waals surface area contributed by atoms with E-state index in [1.807, 2.05) is 0 Å². The fourth-order valence-electron chi connectivity index (χ4n) is 3.15. The highest BCUT2D eigenvalue weighted by molar-refractivity contribution is 6.05. The number of aromatic nitrogens is 2. The Balaban J connectivity index is 1.76. The van der Waals surface area contributed by atoms with Crippen molar-refractivity contribution in [3.63, 3.8) is 0 Å². The third kappa shape index (κ3) is 4.24. The van der Waals surface area contributed by atoms with Gasteiger partial charge in [-0.2, -0.15) is 5.10 Å². The number of carbonyl (C=O) groups excluding carboxylic acids is 1. The summed E-state index contributed by atoms with van der Waals surface area (Å²) in [6.07, 6.45) is 0. The second-order valence-corrected chi connectivity index (χ2v) is 6.65. The molecule has 1 heterocycles. The third-order valence-electron chi connectivity index (χ3n) is 4.73. The van der Waals surface area contributed by atoms with E-state index in [9.17, 15) is 14.9 Å². The van der Waals surface area contributed by atoms with E-state index in [0.717, 1.165) is 5.56 Å². The molecular formula is C21H22N4O5. The van der Waals surface area contributed by atoms with Gasteiger partial charge in [-0.1, -0.05) is 12.1 Å². The Morgan fingerprint density at radius 2 is 1.83 bits per heavy atom. The number of methoxy groups -OCH3 is 2. The number of nitrogens with zero attached hydrogens (tertiary/aromatic N) is 3. The summed E-state index contributed by atoms with van der Waals surface area (Å²) in [5.41, 5.74) is 2.72. The Morgan fingerprint density at radius 3 is 2.40 bits per heavy atom. The fourth-order valence-corrected chi connectivity index (χ4v) is 3.15. The summed E-state index contributed by atoms with van der Waals surface area (Å²) in [5, 5.41) is 18.2. The van der Waals surface area contributed by atoms with Crippen molar-refractivity contribution in [3.05, 3.63) is 75.1 Å². The van der Waals surface area contributed by atoms with Crippen LogP contribution in [0.15, 0.2) is 42.5 Å². The van der Waals surface area contributed by atoms with Crippen LogP contribution in [0.2, 0.25) is 0 Å². The normalized spacial score (nSPS) is 10.5. The fraction of sp³-hybridized carbons (Fsp3) is 0.238. The number of nitro groups is 1. The summed E-state index contributed by atoms with van der Waals surface area (Å²) < 4.78 is 12.1. The first kappa shape index (κ1) is 20.8. The van der Waals surface area contributed by atoms with E-state index in [1.165, 1.54) is 7.11 Å². The maximum Gasteiger partial charge on any atom is 0.312 e. The Morgan fingerprint density at radius 1 is 1.13 bits per heavy atom. The number of amides is 1. The van der Waals surface area contributed by atoms with Gasteiger partial charge >= 0.3 is 5.69 Å². The summed E-state index contributed by atoms with van der Waals surface area (Å²) in [4.78, 5) is 23.4. The Hall–Kier alpha value is -3.88. The van der Waals surface area contributed by atoms with Crippen molar-refractivity contribution in [2.24, 2.45) is 0 Å². The van der Waals surface area contributed by atoms with Gasteiger partial charge in [0.1, 0.15) is 22.9 Å². The molecule has 1 aromatic heterocycles. The van der Waals surface area contributed by atoms with Gasteiger partial charge < -0.3 is 14.8 Å². The number of aryl methyl sites for hydroxylation is 1. The zero-order valence-electron chi connectivity index (χ0n) is 17.1. The summed E-state index contributed by atoms with van der Waals surface area (Å²) in [6.45, 7) is 3.65. The molecule has 0 radical (unpaired) electrons. The van der Waals surface area contributed by atoms with Crippen LogP contribution in [-0.2, 0) is 6.54 Å². The third-order valence-corrected chi connectivity index (χ3v) is 4.73. The van der Waals surface area contributed by atoms with E-state index in [0.29, 0.717) is 40.7 Å². The molecule has 0 saturated heterocycles. The van der Waals surface area contributed by atoms with Crippen LogP contribution in [0.1, 0.15) is 27.3 Å². The van der Waals surface area contributed by atoms with Gasteiger partial charge in [-0.3, -0.25) is 19.6 Å². The molecule has 1 amide bonds. The van der Waals surface area contributed by atoms with Gasteiger partial charge in [-0.25, -0.2) is 0 Å². The molecule has 30 heavy (non-hydrogen) atoms. The number of carbonyl (C=O) groups is 1. The average molecular weight is 410 g/mol. The molecular weight excluding hydrogens is 388 g/mol. The van der Waals surface area contributed by atoms with Gasteiger partial charge in [0.05, 0.1) is 31.4 Å². The molecule has 0 spiro atoms. The highest BCUT2D eigenvalue weighted by atomic mass is 16.6. The Bertz CT molecular complexity index is 1090. The van der Waals surface area contributed by atoms with Crippen LogP contribution in [0.5, 0.6) is 11.5 Å². The van der Waals surface area contributed by atoms with Crippen molar-refractivity contribution in [1.82, 2.24) is 9.78 Å². The molecule has 1 N–H and O–H groups in total. The van der Waals surface area contributed by atoms with E-state index >= 15 is 0 Å². The number of hydrogen-bond acceptors (Lipinski definition) is 6. The molecule has 0 unspecified atom stereocenters. The first-order chi connectivity index (χ1) is 14.3. The minimum absolute atomic E-state index is 0.0261. The zero-order chi connectivity index (χ0) is 21.8. The van der Waals surface area contributed by atoms with E-state index in [4.69, 9.17) is 9.47 Å². The van der Waals surface area contributed by atoms with Gasteiger partial charge in [-0.05, 0) is 43.7 Å². The molecule has 9 nitrogen and oxygen atoms in total. The predicted molar refractivity (Wildman–Crippen MR) is 111 cm³/mol. The molecule has 0 aliphatic heterocycles. The molecule has 0 bridgehead atoms. The lowest BCUT2D eigenvalue weighted by Crippen LogP contribution is -2.13. The van der Waals surface area contributed by atoms with Crippen molar-refractivity contribution >= 4 is 17.3 Å². The minimum Gasteiger partial charge on any atom is -0.497 e. The zero-order valence-corrected chi connectivity index (χ0v) is 17.1. The Kier molecular flexibility index (Phi) is 6.01. The smallest absolute Gasteiger partial charge is 0.312 e. The predicted octanol–water partition coefficient (Wildman–Crippen LogP) is 3.73. The lowest BCUT2D eigenvalue weighted by molar-refractivity contribution is -0.386. The quantitative estimate of drug-likeness (QED) is 0.470. The molecule has 0 aliphatic carbocycles. The van der Waals surface area contributed by atoms with Crippen LogP contribution in [0, 0.1) is 24.0 Å². The van der Waals surface area contributed by atoms with Gasteiger partial charge in [0.15, 0.2) is 0 Å². The lowest BCUT2D eigenvalue weighted by Gasteiger charge is -2.12. The summed E-state index contributed by atoms with van der Waals surface area (Å²) >= 11 is 0.